The van der Waals surface area contributed by atoms with E-state index < -0.39 is 0 Å². The highest BCUT2D eigenvalue weighted by atomic mass is 16.3. The first-order valence-corrected chi connectivity index (χ1v) is 9.18. The predicted molar refractivity (Wildman–Crippen MR) is 110 cm³/mol. The number of nitrogens with one attached hydrogen (secondary N) is 2. The fourth-order valence-electron chi connectivity index (χ4n) is 2.86. The van der Waals surface area contributed by atoms with E-state index in [1.54, 1.807) is 53.8 Å². The molecule has 0 saturated heterocycles. The zero-order chi connectivity index (χ0) is 20.2. The smallest absolute Gasteiger partial charge is 0.256 e. The van der Waals surface area contributed by atoms with Crippen molar-refractivity contribution in [2.45, 2.75) is 19.9 Å². The third-order valence-corrected chi connectivity index (χ3v) is 4.20. The second kappa shape index (κ2) is 7.97. The Kier molecular flexibility index (Phi) is 5.07. The third-order valence-electron chi connectivity index (χ3n) is 4.20. The van der Waals surface area contributed by atoms with Crippen LogP contribution in [-0.2, 0) is 0 Å². The Morgan fingerprint density at radius 2 is 2.03 bits per heavy atom. The van der Waals surface area contributed by atoms with Crippen molar-refractivity contribution in [1.29, 1.82) is 0 Å². The summed E-state index contributed by atoms with van der Waals surface area (Å²) < 4.78 is 7.18. The molecular weight excluding hydrogens is 368 g/mol. The van der Waals surface area contributed by atoms with Gasteiger partial charge in [-0.05, 0) is 44.2 Å². The third kappa shape index (κ3) is 4.16. The van der Waals surface area contributed by atoms with E-state index in [1.807, 2.05) is 32.0 Å². The van der Waals surface area contributed by atoms with Gasteiger partial charge >= 0.3 is 0 Å². The summed E-state index contributed by atoms with van der Waals surface area (Å²) in [6, 6.07) is 12.7. The topological polar surface area (TPSA) is 97.9 Å². The van der Waals surface area contributed by atoms with E-state index in [0.29, 0.717) is 28.7 Å². The van der Waals surface area contributed by atoms with Crippen LogP contribution in [0, 0.1) is 0 Å². The maximum absolute atomic E-state index is 12.9. The highest BCUT2D eigenvalue weighted by molar-refractivity contribution is 6.04. The molecule has 146 valence electrons. The number of anilines is 3. The minimum Gasteiger partial charge on any atom is -0.463 e. The molecule has 4 rings (SSSR count). The molecule has 0 bridgehead atoms. The minimum atomic E-state index is -0.236. The van der Waals surface area contributed by atoms with Gasteiger partial charge in [0.1, 0.15) is 17.3 Å². The molecular formula is C21H20N6O2. The standard InChI is InChI=1S/C21H20N6O2/c1-14(2)27-20(12-17(26-27)18-7-4-10-29-18)25-21(28)15-5-3-6-16(11-15)24-19-13-22-8-9-23-19/h3-14H,1-2H3,(H,23,24)(H,25,28). The first-order valence-electron chi connectivity index (χ1n) is 9.18. The van der Waals surface area contributed by atoms with Gasteiger partial charge in [-0.1, -0.05) is 6.07 Å². The molecule has 8 heteroatoms. The van der Waals surface area contributed by atoms with E-state index in [4.69, 9.17) is 4.42 Å². The molecule has 0 aliphatic rings. The first kappa shape index (κ1) is 18.4. The summed E-state index contributed by atoms with van der Waals surface area (Å²) in [6.07, 6.45) is 6.41. The van der Waals surface area contributed by atoms with Gasteiger partial charge in [0.2, 0.25) is 0 Å². The molecule has 4 aromatic rings. The highest BCUT2D eigenvalue weighted by Crippen LogP contribution is 2.25. The molecule has 0 fully saturated rings. The molecule has 0 atom stereocenters. The number of nitrogens with zero attached hydrogens (tertiary/aromatic N) is 4. The summed E-state index contributed by atoms with van der Waals surface area (Å²) in [5.74, 6) is 1.62. The maximum Gasteiger partial charge on any atom is 0.256 e. The number of rotatable bonds is 6. The monoisotopic (exact) mass is 388 g/mol. The zero-order valence-corrected chi connectivity index (χ0v) is 16.0. The number of carbonyl (C=O) groups excluding carboxylic acids is 1. The second-order valence-corrected chi connectivity index (χ2v) is 6.68. The Hall–Kier alpha value is -3.94. The predicted octanol–water partition coefficient (Wildman–Crippen LogP) is 4.51. The van der Waals surface area contributed by atoms with Crippen LogP contribution < -0.4 is 10.6 Å². The lowest BCUT2D eigenvalue weighted by Crippen LogP contribution is -2.16. The van der Waals surface area contributed by atoms with Gasteiger partial charge in [0.05, 0.1) is 12.5 Å². The number of amides is 1. The summed E-state index contributed by atoms with van der Waals surface area (Å²) in [4.78, 5) is 21.1. The quantitative estimate of drug-likeness (QED) is 0.504. The Bertz CT molecular complexity index is 1100. The van der Waals surface area contributed by atoms with Crippen molar-refractivity contribution in [2.24, 2.45) is 0 Å². The molecule has 0 spiro atoms. The van der Waals surface area contributed by atoms with Crippen LogP contribution >= 0.6 is 0 Å². The fraction of sp³-hybridized carbons (Fsp3) is 0.143. The van der Waals surface area contributed by atoms with Crippen LogP contribution in [0.2, 0.25) is 0 Å². The van der Waals surface area contributed by atoms with Crippen molar-refractivity contribution in [2.75, 3.05) is 10.6 Å². The highest BCUT2D eigenvalue weighted by Gasteiger charge is 2.16. The van der Waals surface area contributed by atoms with Gasteiger partial charge in [0.25, 0.3) is 5.91 Å². The molecule has 0 saturated carbocycles. The molecule has 0 aliphatic carbocycles. The van der Waals surface area contributed by atoms with Gasteiger partial charge in [-0.2, -0.15) is 5.10 Å². The first-order chi connectivity index (χ1) is 14.1. The van der Waals surface area contributed by atoms with Gasteiger partial charge in [0, 0.05) is 35.8 Å². The van der Waals surface area contributed by atoms with Crippen LogP contribution in [0.15, 0.2) is 71.7 Å². The number of carbonyl (C=O) groups is 1. The molecule has 0 radical (unpaired) electrons. The lowest BCUT2D eigenvalue weighted by atomic mass is 10.2. The molecule has 0 aliphatic heterocycles. The Labute approximate surface area is 167 Å². The molecule has 1 aromatic carbocycles. The van der Waals surface area contributed by atoms with E-state index in [2.05, 4.69) is 25.7 Å². The van der Waals surface area contributed by atoms with Crippen molar-refractivity contribution in [3.63, 3.8) is 0 Å². The van der Waals surface area contributed by atoms with Gasteiger partial charge in [0.15, 0.2) is 5.76 Å². The number of hydrogen-bond donors (Lipinski definition) is 2. The average molecular weight is 388 g/mol. The molecule has 3 heterocycles. The lowest BCUT2D eigenvalue weighted by Gasteiger charge is -2.12. The summed E-state index contributed by atoms with van der Waals surface area (Å²) in [7, 11) is 0. The molecule has 2 N–H and O–H groups in total. The van der Waals surface area contributed by atoms with Crippen LogP contribution in [-0.4, -0.2) is 25.7 Å². The molecule has 3 aromatic heterocycles. The second-order valence-electron chi connectivity index (χ2n) is 6.68. The van der Waals surface area contributed by atoms with E-state index in [-0.39, 0.29) is 11.9 Å². The Morgan fingerprint density at radius 1 is 1.14 bits per heavy atom. The average Bonchev–Trinajstić information content (AvgIpc) is 3.39. The van der Waals surface area contributed by atoms with E-state index in [1.165, 1.54) is 0 Å². The van der Waals surface area contributed by atoms with Crippen LogP contribution in [0.5, 0.6) is 0 Å². The zero-order valence-electron chi connectivity index (χ0n) is 16.0. The van der Waals surface area contributed by atoms with Crippen LogP contribution in [0.3, 0.4) is 0 Å². The van der Waals surface area contributed by atoms with Crippen LogP contribution in [0.4, 0.5) is 17.3 Å². The van der Waals surface area contributed by atoms with Crippen molar-refractivity contribution in [3.05, 3.63) is 72.9 Å². The molecule has 29 heavy (non-hydrogen) atoms. The van der Waals surface area contributed by atoms with Crippen molar-refractivity contribution >= 4 is 23.2 Å². The van der Waals surface area contributed by atoms with E-state index >= 15 is 0 Å². The van der Waals surface area contributed by atoms with Crippen LogP contribution in [0.25, 0.3) is 11.5 Å². The van der Waals surface area contributed by atoms with Gasteiger partial charge in [-0.15, -0.1) is 0 Å². The lowest BCUT2D eigenvalue weighted by molar-refractivity contribution is 0.102. The minimum absolute atomic E-state index is 0.0682. The van der Waals surface area contributed by atoms with E-state index in [9.17, 15) is 4.79 Å². The van der Waals surface area contributed by atoms with Crippen molar-refractivity contribution in [1.82, 2.24) is 19.7 Å². The largest absolute Gasteiger partial charge is 0.463 e. The molecule has 8 nitrogen and oxygen atoms in total. The van der Waals surface area contributed by atoms with Crippen molar-refractivity contribution in [3.8, 4) is 11.5 Å². The SMILES string of the molecule is CC(C)n1nc(-c2ccco2)cc1NC(=O)c1cccc(Nc2cnccn2)c1. The number of hydrogen-bond acceptors (Lipinski definition) is 6. The summed E-state index contributed by atoms with van der Waals surface area (Å²) in [6.45, 7) is 4.00. The number of furan rings is 1. The van der Waals surface area contributed by atoms with Crippen molar-refractivity contribution < 1.29 is 9.21 Å². The molecule has 0 unspecified atom stereocenters. The van der Waals surface area contributed by atoms with Crippen LogP contribution in [0.1, 0.15) is 30.2 Å². The summed E-state index contributed by atoms with van der Waals surface area (Å²) >= 11 is 0. The van der Waals surface area contributed by atoms with Gasteiger partial charge in [-0.25, -0.2) is 9.67 Å². The van der Waals surface area contributed by atoms with E-state index in [0.717, 1.165) is 5.69 Å². The number of benzene rings is 1. The number of aromatic nitrogens is 4. The molecule has 1 amide bonds. The Morgan fingerprint density at radius 3 is 2.76 bits per heavy atom. The maximum atomic E-state index is 12.9. The van der Waals surface area contributed by atoms with Gasteiger partial charge in [-0.3, -0.25) is 9.78 Å². The summed E-state index contributed by atoms with van der Waals surface area (Å²) in [5.41, 5.74) is 1.92. The summed E-state index contributed by atoms with van der Waals surface area (Å²) in [5, 5.41) is 10.6. The fourth-order valence-corrected chi connectivity index (χ4v) is 2.86. The Balaban J connectivity index is 1.56. The normalized spacial score (nSPS) is 10.9. The van der Waals surface area contributed by atoms with Gasteiger partial charge < -0.3 is 15.1 Å².